The summed E-state index contributed by atoms with van der Waals surface area (Å²) in [5.41, 5.74) is 0.921. The van der Waals surface area contributed by atoms with Gasteiger partial charge in [0.05, 0.1) is 26.6 Å². The molecule has 0 amide bonds. The molecule has 0 aliphatic heterocycles. The molecule has 2 aromatic rings. The molecule has 0 fully saturated rings. The van der Waals surface area contributed by atoms with Gasteiger partial charge in [-0.25, -0.2) is 0 Å². The van der Waals surface area contributed by atoms with Crippen LogP contribution in [0.5, 0.6) is 0 Å². The number of rotatable bonds is 5. The summed E-state index contributed by atoms with van der Waals surface area (Å²) >= 11 is 7.01. The second-order valence-electron chi connectivity index (χ2n) is 4.35. The Morgan fingerprint density at radius 1 is 1.09 bits per heavy atom. The monoisotopic (exact) mass is 339 g/mol. The molecule has 0 spiro atoms. The van der Waals surface area contributed by atoms with Gasteiger partial charge >= 0.3 is 0 Å². The van der Waals surface area contributed by atoms with E-state index in [0.29, 0.717) is 10.7 Å². The zero-order valence-corrected chi connectivity index (χ0v) is 12.9. The number of hydrogen-bond donors (Lipinski definition) is 1. The van der Waals surface area contributed by atoms with Gasteiger partial charge < -0.3 is 4.72 Å². The molecule has 0 bridgehead atoms. The Balaban J connectivity index is 2.27. The van der Waals surface area contributed by atoms with Gasteiger partial charge in [0, 0.05) is 6.07 Å². The maximum Gasteiger partial charge on any atom is 0.291 e. The Labute approximate surface area is 134 Å². The summed E-state index contributed by atoms with van der Waals surface area (Å²) in [5.74, 6) is 0. The normalized spacial score (nSPS) is 10.3. The highest BCUT2D eigenvalue weighted by Crippen LogP contribution is 2.34. The summed E-state index contributed by atoms with van der Waals surface area (Å²) in [6, 6.07) is 8.83. The van der Waals surface area contributed by atoms with Crippen LogP contribution < -0.4 is 4.72 Å². The van der Waals surface area contributed by atoms with Crippen molar-refractivity contribution in [2.24, 2.45) is 0 Å². The predicted octanol–water partition coefficient (Wildman–Crippen LogP) is 4.58. The maximum atomic E-state index is 11.0. The van der Waals surface area contributed by atoms with Crippen molar-refractivity contribution in [2.75, 3.05) is 4.72 Å². The summed E-state index contributed by atoms with van der Waals surface area (Å²) in [4.78, 5) is 20.7. The number of hydrogen-bond acceptors (Lipinski definition) is 6. The van der Waals surface area contributed by atoms with Gasteiger partial charge in [-0.3, -0.25) is 20.2 Å². The molecule has 0 atom stereocenters. The molecule has 9 heteroatoms. The molecule has 2 rings (SSSR count). The highest BCUT2D eigenvalue weighted by atomic mass is 35.5. The van der Waals surface area contributed by atoms with Gasteiger partial charge in [0.15, 0.2) is 0 Å². The van der Waals surface area contributed by atoms with E-state index in [1.54, 1.807) is 12.1 Å². The largest absolute Gasteiger partial charge is 0.324 e. The Morgan fingerprint density at radius 3 is 2.45 bits per heavy atom. The number of halogens is 1. The molecule has 0 aliphatic rings. The van der Waals surface area contributed by atoms with Crippen LogP contribution in [0.1, 0.15) is 5.56 Å². The standard InChI is InChI=1S/C13H10ClN3O4S/c1-8-2-4-10(14)11(6-8)15-22-13-5-3-9(16(18)19)7-12(13)17(20)21/h2-7,15H,1H3. The van der Waals surface area contributed by atoms with Crippen molar-refractivity contribution in [1.82, 2.24) is 0 Å². The number of non-ortho nitro benzene ring substituents is 1. The summed E-state index contributed by atoms with van der Waals surface area (Å²) in [5, 5.41) is 22.2. The van der Waals surface area contributed by atoms with Crippen LogP contribution in [0.25, 0.3) is 0 Å². The number of aryl methyl sites for hydroxylation is 1. The molecule has 2 aromatic carbocycles. The van der Waals surface area contributed by atoms with Crippen molar-refractivity contribution in [3.63, 3.8) is 0 Å². The fourth-order valence-electron chi connectivity index (χ4n) is 1.68. The van der Waals surface area contributed by atoms with E-state index in [9.17, 15) is 20.2 Å². The lowest BCUT2D eigenvalue weighted by atomic mass is 10.2. The SMILES string of the molecule is Cc1ccc(Cl)c(NSc2ccc([N+](=O)[O-])cc2[N+](=O)[O-])c1. The Hall–Kier alpha value is -2.32. The van der Waals surface area contributed by atoms with Crippen molar-refractivity contribution < 1.29 is 9.85 Å². The molecule has 0 aliphatic carbocycles. The third-order valence-corrected chi connectivity index (χ3v) is 3.96. The van der Waals surface area contributed by atoms with Crippen LogP contribution in [-0.2, 0) is 0 Å². The Morgan fingerprint density at radius 2 is 1.82 bits per heavy atom. The second kappa shape index (κ2) is 6.63. The quantitative estimate of drug-likeness (QED) is 0.486. The lowest BCUT2D eigenvalue weighted by Gasteiger charge is -2.08. The summed E-state index contributed by atoms with van der Waals surface area (Å²) in [6.45, 7) is 1.89. The second-order valence-corrected chi connectivity index (χ2v) is 5.61. The predicted molar refractivity (Wildman–Crippen MR) is 85.4 cm³/mol. The summed E-state index contributed by atoms with van der Waals surface area (Å²) in [7, 11) is 0. The van der Waals surface area contributed by atoms with Crippen LogP contribution in [0.3, 0.4) is 0 Å². The fraction of sp³-hybridized carbons (Fsp3) is 0.0769. The average molecular weight is 340 g/mol. The minimum Gasteiger partial charge on any atom is -0.324 e. The van der Waals surface area contributed by atoms with E-state index in [1.807, 2.05) is 13.0 Å². The molecule has 0 saturated carbocycles. The van der Waals surface area contributed by atoms with Gasteiger partial charge in [-0.2, -0.15) is 0 Å². The van der Waals surface area contributed by atoms with Crippen LogP contribution in [0.2, 0.25) is 5.02 Å². The number of nitro benzene ring substituents is 2. The molecule has 0 aromatic heterocycles. The van der Waals surface area contributed by atoms with Gasteiger partial charge in [0.1, 0.15) is 4.90 Å². The average Bonchev–Trinajstić information content (AvgIpc) is 2.47. The molecule has 7 nitrogen and oxygen atoms in total. The summed E-state index contributed by atoms with van der Waals surface area (Å²) < 4.78 is 2.92. The highest BCUT2D eigenvalue weighted by Gasteiger charge is 2.20. The first kappa shape index (κ1) is 16.1. The van der Waals surface area contributed by atoms with E-state index >= 15 is 0 Å². The number of nitrogens with zero attached hydrogens (tertiary/aromatic N) is 2. The molecule has 0 saturated heterocycles. The molecule has 22 heavy (non-hydrogen) atoms. The molecule has 0 unspecified atom stereocenters. The topological polar surface area (TPSA) is 98.3 Å². The number of benzene rings is 2. The fourth-order valence-corrected chi connectivity index (χ4v) is 2.66. The molecule has 114 valence electrons. The minimum atomic E-state index is -0.674. The molecular formula is C13H10ClN3O4S. The van der Waals surface area contributed by atoms with E-state index in [-0.39, 0.29) is 16.3 Å². The minimum absolute atomic E-state index is 0.258. The first-order chi connectivity index (χ1) is 10.4. The van der Waals surface area contributed by atoms with Crippen LogP contribution in [0.4, 0.5) is 17.1 Å². The first-order valence-electron chi connectivity index (χ1n) is 6.00. The number of nitrogens with one attached hydrogen (secondary N) is 1. The van der Waals surface area contributed by atoms with Gasteiger partial charge in [-0.15, -0.1) is 0 Å². The van der Waals surface area contributed by atoms with Crippen LogP contribution in [-0.4, -0.2) is 9.85 Å². The summed E-state index contributed by atoms with van der Waals surface area (Å²) in [6.07, 6.45) is 0. The smallest absolute Gasteiger partial charge is 0.291 e. The van der Waals surface area contributed by atoms with Gasteiger partial charge in [0.25, 0.3) is 11.4 Å². The third-order valence-electron chi connectivity index (χ3n) is 2.74. The molecular weight excluding hydrogens is 330 g/mol. The van der Waals surface area contributed by atoms with E-state index in [1.165, 1.54) is 12.1 Å². The van der Waals surface area contributed by atoms with E-state index < -0.39 is 9.85 Å². The van der Waals surface area contributed by atoms with Crippen LogP contribution in [0, 0.1) is 27.2 Å². The van der Waals surface area contributed by atoms with Gasteiger partial charge in [-0.1, -0.05) is 17.7 Å². The molecule has 1 N–H and O–H groups in total. The lowest BCUT2D eigenvalue weighted by molar-refractivity contribution is -0.396. The first-order valence-corrected chi connectivity index (χ1v) is 7.20. The van der Waals surface area contributed by atoms with E-state index in [2.05, 4.69) is 4.72 Å². The van der Waals surface area contributed by atoms with E-state index in [4.69, 9.17) is 11.6 Å². The van der Waals surface area contributed by atoms with Crippen molar-refractivity contribution >= 4 is 40.6 Å². The van der Waals surface area contributed by atoms with E-state index in [0.717, 1.165) is 23.6 Å². The number of anilines is 1. The van der Waals surface area contributed by atoms with Crippen molar-refractivity contribution in [3.8, 4) is 0 Å². The zero-order chi connectivity index (χ0) is 16.3. The molecule has 0 radical (unpaired) electrons. The Kier molecular flexibility index (Phi) is 4.84. The van der Waals surface area contributed by atoms with Crippen LogP contribution >= 0.6 is 23.5 Å². The maximum absolute atomic E-state index is 11.0. The highest BCUT2D eigenvalue weighted by molar-refractivity contribution is 8.00. The van der Waals surface area contributed by atoms with Crippen molar-refractivity contribution in [2.45, 2.75) is 11.8 Å². The lowest BCUT2D eigenvalue weighted by Crippen LogP contribution is -1.96. The van der Waals surface area contributed by atoms with Crippen molar-refractivity contribution in [1.29, 1.82) is 0 Å². The zero-order valence-electron chi connectivity index (χ0n) is 11.3. The molecule has 0 heterocycles. The van der Waals surface area contributed by atoms with Crippen LogP contribution in [0.15, 0.2) is 41.3 Å². The van der Waals surface area contributed by atoms with Crippen molar-refractivity contribution in [3.05, 3.63) is 67.2 Å². The van der Waals surface area contributed by atoms with Gasteiger partial charge in [0.2, 0.25) is 0 Å². The third kappa shape index (κ3) is 3.66. The number of nitro groups is 2. The Bertz CT molecular complexity index is 754. The van der Waals surface area contributed by atoms with Gasteiger partial charge in [-0.05, 0) is 42.6 Å².